The number of nitrogens with one attached hydrogen (secondary N) is 2. The van der Waals surface area contributed by atoms with Crippen LogP contribution in [0.25, 0.3) is 5.65 Å². The lowest BCUT2D eigenvalue weighted by Gasteiger charge is -2.13. The van der Waals surface area contributed by atoms with Gasteiger partial charge in [0.1, 0.15) is 0 Å². The van der Waals surface area contributed by atoms with Crippen LogP contribution in [0.15, 0.2) is 54.9 Å². The van der Waals surface area contributed by atoms with Gasteiger partial charge in [-0.2, -0.15) is 5.10 Å². The predicted octanol–water partition coefficient (Wildman–Crippen LogP) is 1.26. The number of fused-ring (bicyclic) bond motifs is 1. The number of hydrogen-bond donors (Lipinski definition) is 3. The van der Waals surface area contributed by atoms with Gasteiger partial charge in [-0.15, -0.1) is 0 Å². The Morgan fingerprint density at radius 3 is 2.78 bits per heavy atom. The van der Waals surface area contributed by atoms with Crippen LogP contribution in [0.5, 0.6) is 0 Å². The van der Waals surface area contributed by atoms with E-state index in [1.54, 1.807) is 29.0 Å². The summed E-state index contributed by atoms with van der Waals surface area (Å²) < 4.78 is 1.67. The van der Waals surface area contributed by atoms with Gasteiger partial charge < -0.3 is 15.7 Å². The smallest absolute Gasteiger partial charge is 0.315 e. The van der Waals surface area contributed by atoms with Gasteiger partial charge in [-0.05, 0) is 11.6 Å². The molecular weight excluding hydrogens is 294 g/mol. The average molecular weight is 311 g/mol. The van der Waals surface area contributed by atoms with E-state index in [1.807, 2.05) is 30.3 Å². The van der Waals surface area contributed by atoms with E-state index in [2.05, 4.69) is 20.7 Å². The Balaban J connectivity index is 1.51. The van der Waals surface area contributed by atoms with Crippen molar-refractivity contribution < 1.29 is 9.90 Å². The predicted molar refractivity (Wildman–Crippen MR) is 84.6 cm³/mol. The van der Waals surface area contributed by atoms with Gasteiger partial charge in [0.25, 0.3) is 0 Å². The second-order valence-corrected chi connectivity index (χ2v) is 5.03. The fourth-order valence-corrected chi connectivity index (χ4v) is 2.24. The minimum Gasteiger partial charge on any atom is -0.387 e. The van der Waals surface area contributed by atoms with Crippen molar-refractivity contribution in [3.05, 3.63) is 66.1 Å². The van der Waals surface area contributed by atoms with Gasteiger partial charge >= 0.3 is 6.03 Å². The van der Waals surface area contributed by atoms with Crippen LogP contribution in [0.2, 0.25) is 0 Å². The molecule has 0 radical (unpaired) electrons. The zero-order chi connectivity index (χ0) is 16.1. The number of benzene rings is 1. The molecule has 2 amide bonds. The van der Waals surface area contributed by atoms with E-state index < -0.39 is 6.10 Å². The Bertz CT molecular complexity index is 787. The monoisotopic (exact) mass is 311 g/mol. The second-order valence-electron chi connectivity index (χ2n) is 5.03. The number of rotatable bonds is 5. The van der Waals surface area contributed by atoms with Crippen LogP contribution in [0, 0.1) is 0 Å². The molecule has 0 saturated carbocycles. The first-order valence-corrected chi connectivity index (χ1v) is 7.26. The number of hydrogen-bond acceptors (Lipinski definition) is 4. The number of amides is 2. The zero-order valence-corrected chi connectivity index (χ0v) is 12.4. The van der Waals surface area contributed by atoms with Crippen molar-refractivity contribution in [1.82, 2.24) is 25.2 Å². The first-order valence-electron chi connectivity index (χ1n) is 7.26. The Morgan fingerprint density at radius 1 is 1.13 bits per heavy atom. The van der Waals surface area contributed by atoms with Crippen molar-refractivity contribution in [2.24, 2.45) is 0 Å². The molecule has 1 aromatic carbocycles. The van der Waals surface area contributed by atoms with Crippen LogP contribution >= 0.6 is 0 Å². The van der Waals surface area contributed by atoms with Gasteiger partial charge in [0.15, 0.2) is 5.65 Å². The maximum atomic E-state index is 11.8. The Labute approximate surface area is 133 Å². The molecule has 7 heteroatoms. The topological polar surface area (TPSA) is 91.6 Å². The van der Waals surface area contributed by atoms with Gasteiger partial charge in [-0.1, -0.05) is 30.3 Å². The molecular formula is C16H17N5O2. The number of carbonyl (C=O) groups excluding carboxylic acids is 1. The van der Waals surface area contributed by atoms with Crippen LogP contribution in [-0.4, -0.2) is 32.3 Å². The molecule has 1 atom stereocenters. The molecule has 3 aromatic rings. The van der Waals surface area contributed by atoms with Crippen LogP contribution in [-0.2, 0) is 6.54 Å². The third kappa shape index (κ3) is 3.64. The second kappa shape index (κ2) is 6.89. The number of aromatic nitrogens is 3. The Hall–Kier alpha value is -2.93. The zero-order valence-electron chi connectivity index (χ0n) is 12.4. The van der Waals surface area contributed by atoms with Crippen molar-refractivity contribution in [3.8, 4) is 0 Å². The first-order chi connectivity index (χ1) is 11.2. The molecule has 0 saturated heterocycles. The summed E-state index contributed by atoms with van der Waals surface area (Å²) in [7, 11) is 0. The van der Waals surface area contributed by atoms with E-state index in [9.17, 15) is 9.90 Å². The minimum absolute atomic E-state index is 0.142. The van der Waals surface area contributed by atoms with E-state index in [0.29, 0.717) is 6.54 Å². The molecule has 23 heavy (non-hydrogen) atoms. The van der Waals surface area contributed by atoms with Crippen LogP contribution in [0.4, 0.5) is 4.79 Å². The normalized spacial score (nSPS) is 12.0. The van der Waals surface area contributed by atoms with Crippen molar-refractivity contribution in [3.63, 3.8) is 0 Å². The molecule has 1 unspecified atom stereocenters. The summed E-state index contributed by atoms with van der Waals surface area (Å²) in [6.45, 7) is 0.456. The fourth-order valence-electron chi connectivity index (χ4n) is 2.24. The summed E-state index contributed by atoms with van der Waals surface area (Å²) in [5.41, 5.74) is 2.31. The number of urea groups is 1. The standard InChI is InChI=1S/C16H17N5O2/c22-14(12-4-2-1-3-5-12)11-19-16(23)18-10-13-6-8-17-15-7-9-20-21(13)15/h1-9,14,22H,10-11H2,(H2,18,19,23). The summed E-state index contributed by atoms with van der Waals surface area (Å²) in [4.78, 5) is 16.0. The quantitative estimate of drug-likeness (QED) is 0.661. The van der Waals surface area contributed by atoms with E-state index in [0.717, 1.165) is 16.9 Å². The number of aliphatic hydroxyl groups excluding tert-OH is 1. The van der Waals surface area contributed by atoms with Crippen molar-refractivity contribution in [2.75, 3.05) is 6.54 Å². The van der Waals surface area contributed by atoms with Crippen LogP contribution in [0.1, 0.15) is 17.4 Å². The largest absolute Gasteiger partial charge is 0.387 e. The van der Waals surface area contributed by atoms with Gasteiger partial charge in [-0.25, -0.2) is 14.3 Å². The summed E-state index contributed by atoms with van der Waals surface area (Å²) >= 11 is 0. The van der Waals surface area contributed by atoms with Crippen molar-refractivity contribution in [1.29, 1.82) is 0 Å². The molecule has 118 valence electrons. The summed E-state index contributed by atoms with van der Waals surface area (Å²) in [6, 6.07) is 12.4. The Morgan fingerprint density at radius 2 is 1.96 bits per heavy atom. The lowest BCUT2D eigenvalue weighted by atomic mass is 10.1. The molecule has 0 fully saturated rings. The number of nitrogens with zero attached hydrogens (tertiary/aromatic N) is 3. The highest BCUT2D eigenvalue weighted by atomic mass is 16.3. The number of carbonyl (C=O) groups is 1. The Kier molecular flexibility index (Phi) is 4.49. The van der Waals surface area contributed by atoms with Crippen molar-refractivity contribution in [2.45, 2.75) is 12.6 Å². The van der Waals surface area contributed by atoms with Crippen LogP contribution < -0.4 is 10.6 Å². The molecule has 0 spiro atoms. The summed E-state index contributed by atoms with van der Waals surface area (Å²) in [6.07, 6.45) is 2.59. The third-order valence-electron chi connectivity index (χ3n) is 3.44. The molecule has 3 rings (SSSR count). The molecule has 0 bridgehead atoms. The molecule has 0 aliphatic carbocycles. The third-order valence-corrected chi connectivity index (χ3v) is 3.44. The van der Waals surface area contributed by atoms with E-state index in [4.69, 9.17) is 0 Å². The molecule has 2 heterocycles. The fraction of sp³-hybridized carbons (Fsp3) is 0.188. The van der Waals surface area contributed by atoms with E-state index in [-0.39, 0.29) is 12.6 Å². The molecule has 7 nitrogen and oxygen atoms in total. The highest BCUT2D eigenvalue weighted by Gasteiger charge is 2.09. The lowest BCUT2D eigenvalue weighted by molar-refractivity contribution is 0.173. The highest BCUT2D eigenvalue weighted by Crippen LogP contribution is 2.10. The van der Waals surface area contributed by atoms with Gasteiger partial charge in [0.05, 0.1) is 24.5 Å². The lowest BCUT2D eigenvalue weighted by Crippen LogP contribution is -2.37. The van der Waals surface area contributed by atoms with Gasteiger partial charge in [0, 0.05) is 18.8 Å². The molecule has 0 aliphatic rings. The van der Waals surface area contributed by atoms with E-state index >= 15 is 0 Å². The van der Waals surface area contributed by atoms with Gasteiger partial charge in [0.2, 0.25) is 0 Å². The van der Waals surface area contributed by atoms with Crippen molar-refractivity contribution >= 4 is 11.7 Å². The van der Waals surface area contributed by atoms with Crippen LogP contribution in [0.3, 0.4) is 0 Å². The average Bonchev–Trinajstić information content (AvgIpc) is 3.07. The summed E-state index contributed by atoms with van der Waals surface area (Å²) in [5.74, 6) is 0. The maximum Gasteiger partial charge on any atom is 0.315 e. The summed E-state index contributed by atoms with van der Waals surface area (Å²) in [5, 5.41) is 19.5. The molecule has 3 N–H and O–H groups in total. The molecule has 2 aromatic heterocycles. The SMILES string of the molecule is O=C(NCc1ccnc2ccnn12)NCC(O)c1ccccc1. The minimum atomic E-state index is -0.735. The maximum absolute atomic E-state index is 11.8. The van der Waals surface area contributed by atoms with E-state index in [1.165, 1.54) is 0 Å². The number of aliphatic hydroxyl groups is 1. The first kappa shape index (κ1) is 15.0. The highest BCUT2D eigenvalue weighted by molar-refractivity contribution is 5.73. The van der Waals surface area contributed by atoms with Gasteiger partial charge in [-0.3, -0.25) is 0 Å². The molecule has 0 aliphatic heterocycles.